The summed E-state index contributed by atoms with van der Waals surface area (Å²) >= 11 is 0. The highest BCUT2D eigenvalue weighted by Gasteiger charge is 2.53. The van der Waals surface area contributed by atoms with Crippen LogP contribution in [-0.2, 0) is 49.4 Å². The van der Waals surface area contributed by atoms with Crippen molar-refractivity contribution in [3.8, 4) is 0 Å². The molecule has 0 unspecified atom stereocenters. The Bertz CT molecular complexity index is 879. The van der Waals surface area contributed by atoms with E-state index in [9.17, 15) is 0 Å². The Kier molecular flexibility index (Phi) is 15.4. The van der Waals surface area contributed by atoms with Gasteiger partial charge in [0.15, 0.2) is 0 Å². The van der Waals surface area contributed by atoms with E-state index in [1.807, 2.05) is 0 Å². The zero-order chi connectivity index (χ0) is 38.5. The van der Waals surface area contributed by atoms with E-state index in [4.69, 9.17) is 49.4 Å². The lowest BCUT2D eigenvalue weighted by Gasteiger charge is -2.46. The number of hydrogen-bond acceptors (Lipinski definition) is 12. The van der Waals surface area contributed by atoms with Crippen LogP contribution < -0.4 is 0 Å². The van der Waals surface area contributed by atoms with Gasteiger partial charge < -0.3 is 49.4 Å². The molecule has 0 radical (unpaired) electrons. The maximum Gasteiger partial charge on any atom is 0.314 e. The molecule has 3 heterocycles. The standard InChI is InChI=1S/C10H30O5Si5.C8H24O4Si4.C6H18O3Si3/c1-16(2)11-17(3,4)13-19(7,8)15-20(9,10)14-18(5,6)12-16;1-13(2)9-14(3,4)11-16(7,8)12-15(5,6)10-13;1-10(2)7-11(3,4)9-12(5,6)8-10/h1-10H3;1-8H3;1-6H3. The summed E-state index contributed by atoms with van der Waals surface area (Å²) in [6.07, 6.45) is 0. The van der Waals surface area contributed by atoms with Crippen LogP contribution in [0, 0.1) is 0 Å². The topological polar surface area (TPSA) is 111 Å². The summed E-state index contributed by atoms with van der Waals surface area (Å²) in [5.41, 5.74) is 0. The van der Waals surface area contributed by atoms with Gasteiger partial charge in [0.25, 0.3) is 0 Å². The molecule has 0 atom stereocenters. The van der Waals surface area contributed by atoms with Crippen LogP contribution >= 0.6 is 0 Å². The minimum Gasteiger partial charge on any atom is -0.416 e. The molecule has 288 valence electrons. The average molecular weight is 890 g/mol. The summed E-state index contributed by atoms with van der Waals surface area (Å²) in [6, 6.07) is 0. The fraction of sp³-hybridized carbons (Fsp3) is 1.00. The van der Waals surface area contributed by atoms with Crippen LogP contribution in [0.2, 0.25) is 157 Å². The molecule has 0 aromatic carbocycles. The van der Waals surface area contributed by atoms with Gasteiger partial charge in [-0.3, -0.25) is 0 Å². The fourth-order valence-electron chi connectivity index (χ4n) is 7.35. The molecule has 0 amide bonds. The van der Waals surface area contributed by atoms with Crippen molar-refractivity contribution in [3.05, 3.63) is 0 Å². The highest BCUT2D eigenvalue weighted by Crippen LogP contribution is 2.33. The van der Waals surface area contributed by atoms with Crippen LogP contribution in [0.15, 0.2) is 0 Å². The van der Waals surface area contributed by atoms with E-state index >= 15 is 0 Å². The van der Waals surface area contributed by atoms with Gasteiger partial charge in [0.1, 0.15) is 0 Å². The summed E-state index contributed by atoms with van der Waals surface area (Å²) in [6.45, 7) is 49.9. The molecule has 3 fully saturated rings. The molecule has 3 saturated heterocycles. The molecular formula is C24H72O12Si12. The van der Waals surface area contributed by atoms with Crippen LogP contribution in [-0.4, -0.2) is 103 Å². The van der Waals surface area contributed by atoms with E-state index in [0.29, 0.717) is 0 Å². The van der Waals surface area contributed by atoms with Crippen LogP contribution in [0.4, 0.5) is 0 Å². The van der Waals surface area contributed by atoms with Gasteiger partial charge in [-0.15, -0.1) is 0 Å². The number of rotatable bonds is 0. The summed E-state index contributed by atoms with van der Waals surface area (Å²) in [5.74, 6) is 0. The van der Waals surface area contributed by atoms with Crippen molar-refractivity contribution in [1.82, 2.24) is 0 Å². The Morgan fingerprint density at radius 3 is 0.208 bits per heavy atom. The highest BCUT2D eigenvalue weighted by atomic mass is 28.5. The average Bonchev–Trinajstić information content (AvgIpc) is 2.52. The van der Waals surface area contributed by atoms with Gasteiger partial charge in [0.2, 0.25) is 0 Å². The molecule has 12 nitrogen and oxygen atoms in total. The lowest BCUT2D eigenvalue weighted by atomic mass is 11.9. The first-order chi connectivity index (χ1) is 20.5. The minimum absolute atomic E-state index is 1.86. The third kappa shape index (κ3) is 19.4. The maximum absolute atomic E-state index is 6.30. The van der Waals surface area contributed by atoms with Gasteiger partial charge in [-0.25, -0.2) is 0 Å². The van der Waals surface area contributed by atoms with Crippen molar-refractivity contribution in [2.24, 2.45) is 0 Å². The molecule has 0 bridgehead atoms. The second kappa shape index (κ2) is 15.3. The third-order valence-electron chi connectivity index (χ3n) is 5.90. The van der Waals surface area contributed by atoms with Gasteiger partial charge in [0, 0.05) is 0 Å². The van der Waals surface area contributed by atoms with Crippen LogP contribution in [0.3, 0.4) is 0 Å². The lowest BCUT2D eigenvalue weighted by Crippen LogP contribution is -2.64. The summed E-state index contributed by atoms with van der Waals surface area (Å²) < 4.78 is 73.7. The Hall–Kier alpha value is 2.12. The number of hydrogen-bond donors (Lipinski definition) is 0. The predicted molar refractivity (Wildman–Crippen MR) is 223 cm³/mol. The van der Waals surface area contributed by atoms with Crippen molar-refractivity contribution in [3.63, 3.8) is 0 Å². The van der Waals surface area contributed by atoms with Crippen molar-refractivity contribution in [1.29, 1.82) is 0 Å². The van der Waals surface area contributed by atoms with E-state index < -0.39 is 103 Å². The molecule has 0 spiro atoms. The molecule has 3 aliphatic heterocycles. The first-order valence-corrected chi connectivity index (χ1v) is 50.7. The van der Waals surface area contributed by atoms with E-state index in [0.717, 1.165) is 0 Å². The SMILES string of the molecule is C[Si]1(C)O[Si](C)(C)O[Si](C)(C)O1.C[Si]1(C)O[Si](C)(C)O[Si](C)(C)O[Si](C)(C)O1.C[Si]1(C)O[Si](C)(C)O[Si](C)(C)O[Si](C)(C)O[Si](C)(C)O1. The monoisotopic (exact) mass is 888 g/mol. The van der Waals surface area contributed by atoms with Gasteiger partial charge >= 0.3 is 103 Å². The fourth-order valence-corrected chi connectivity index (χ4v) is 70.7. The molecule has 0 aromatic heterocycles. The third-order valence-corrected chi connectivity index (χ3v) is 53.1. The van der Waals surface area contributed by atoms with Crippen LogP contribution in [0.1, 0.15) is 0 Å². The van der Waals surface area contributed by atoms with Crippen LogP contribution in [0.25, 0.3) is 0 Å². The first-order valence-electron chi connectivity index (χ1n) is 16.9. The van der Waals surface area contributed by atoms with Gasteiger partial charge in [-0.05, 0) is 157 Å². The van der Waals surface area contributed by atoms with E-state index in [-0.39, 0.29) is 0 Å². The molecule has 0 saturated carbocycles. The van der Waals surface area contributed by atoms with E-state index in [1.54, 1.807) is 0 Å². The largest absolute Gasteiger partial charge is 0.416 e. The van der Waals surface area contributed by atoms with Gasteiger partial charge in [0.05, 0.1) is 0 Å². The summed E-state index contributed by atoms with van der Waals surface area (Å²) in [7, 11) is -25.3. The molecule has 0 aromatic rings. The Balaban J connectivity index is 0.000000371. The van der Waals surface area contributed by atoms with Crippen molar-refractivity contribution < 1.29 is 49.4 Å². The zero-order valence-electron chi connectivity index (χ0n) is 34.9. The molecule has 0 N–H and O–H groups in total. The van der Waals surface area contributed by atoms with Gasteiger partial charge in [-0.1, -0.05) is 0 Å². The molecule has 0 aliphatic carbocycles. The molecular weight excluding hydrogens is 817 g/mol. The lowest BCUT2D eigenvalue weighted by molar-refractivity contribution is 0.236. The van der Waals surface area contributed by atoms with Gasteiger partial charge in [-0.2, -0.15) is 0 Å². The summed E-state index contributed by atoms with van der Waals surface area (Å²) in [5, 5.41) is 0. The minimum atomic E-state index is -2.26. The van der Waals surface area contributed by atoms with E-state index in [1.165, 1.54) is 0 Å². The smallest absolute Gasteiger partial charge is 0.314 e. The molecule has 48 heavy (non-hydrogen) atoms. The molecule has 3 aliphatic rings. The Morgan fingerprint density at radius 1 is 0.125 bits per heavy atom. The quantitative estimate of drug-likeness (QED) is 0.217. The van der Waals surface area contributed by atoms with Crippen LogP contribution in [0.5, 0.6) is 0 Å². The second-order valence-electron chi connectivity index (χ2n) is 18.0. The first kappa shape index (κ1) is 48.1. The van der Waals surface area contributed by atoms with Crippen molar-refractivity contribution >= 4 is 103 Å². The highest BCUT2D eigenvalue weighted by molar-refractivity contribution is 6.94. The zero-order valence-corrected chi connectivity index (χ0v) is 46.9. The molecule has 3 rings (SSSR count). The van der Waals surface area contributed by atoms with Crippen molar-refractivity contribution in [2.75, 3.05) is 0 Å². The molecule has 24 heteroatoms. The Labute approximate surface area is 307 Å². The Morgan fingerprint density at radius 2 is 0.167 bits per heavy atom. The summed E-state index contributed by atoms with van der Waals surface area (Å²) in [4.78, 5) is 0. The van der Waals surface area contributed by atoms with E-state index in [2.05, 4.69) is 157 Å². The van der Waals surface area contributed by atoms with Crippen molar-refractivity contribution in [2.45, 2.75) is 157 Å². The second-order valence-corrected chi connectivity index (χ2v) is 61.4. The normalized spacial score (nSPS) is 31.5. The maximum atomic E-state index is 6.30. The predicted octanol–water partition coefficient (Wildman–Crippen LogP) is 8.62.